The van der Waals surface area contributed by atoms with Crippen molar-refractivity contribution in [3.8, 4) is 0 Å². The number of hydrogen-bond acceptors (Lipinski definition) is 5. The molecule has 1 aromatic heterocycles. The lowest BCUT2D eigenvalue weighted by Gasteiger charge is -2.19. The summed E-state index contributed by atoms with van der Waals surface area (Å²) in [4.78, 5) is 12.5. The van der Waals surface area contributed by atoms with Crippen molar-refractivity contribution in [1.82, 2.24) is 0 Å². The molecule has 0 saturated heterocycles. The van der Waals surface area contributed by atoms with Gasteiger partial charge in [0.2, 0.25) is 0 Å². The van der Waals surface area contributed by atoms with Gasteiger partial charge in [-0.15, -0.1) is 0 Å². The van der Waals surface area contributed by atoms with Gasteiger partial charge in [-0.05, 0) is 55.7 Å². The number of halogens is 1. The zero-order valence-corrected chi connectivity index (χ0v) is 16.7. The molecule has 1 heterocycles. The fraction of sp³-hybridized carbons (Fsp3) is 0.286. The highest BCUT2D eigenvalue weighted by molar-refractivity contribution is 7.92. The molecule has 0 amide bonds. The lowest BCUT2D eigenvalue weighted by Crippen LogP contribution is -2.23. The maximum Gasteiger partial charge on any atom is 0.363 e. The molecule has 152 valence electrons. The molecular formula is C21H21FN2O4S. The average Bonchev–Trinajstić information content (AvgIpc) is 3.20. The molecule has 2 aromatic carbocycles. The third-order valence-corrected chi connectivity index (χ3v) is 6.54. The molecule has 0 bridgehead atoms. The van der Waals surface area contributed by atoms with E-state index in [0.29, 0.717) is 16.7 Å². The lowest BCUT2D eigenvalue weighted by atomic mass is 10.1. The quantitative estimate of drug-likeness (QED) is 0.602. The monoisotopic (exact) mass is 416 g/mol. The largest absolute Gasteiger partial charge is 0.421 e. The average molecular weight is 416 g/mol. The third kappa shape index (κ3) is 3.85. The van der Waals surface area contributed by atoms with Gasteiger partial charge in [-0.25, -0.2) is 17.6 Å². The van der Waals surface area contributed by atoms with Crippen LogP contribution in [0.1, 0.15) is 31.2 Å². The minimum Gasteiger partial charge on any atom is -0.421 e. The van der Waals surface area contributed by atoms with Gasteiger partial charge < -0.3 is 9.73 Å². The normalized spacial score (nSPS) is 15.0. The Kier molecular flexibility index (Phi) is 5.04. The van der Waals surface area contributed by atoms with Crippen LogP contribution >= 0.6 is 0 Å². The van der Waals surface area contributed by atoms with Gasteiger partial charge in [0.25, 0.3) is 10.0 Å². The maximum absolute atomic E-state index is 13.6. The van der Waals surface area contributed by atoms with Crippen molar-refractivity contribution in [2.24, 2.45) is 0 Å². The zero-order valence-electron chi connectivity index (χ0n) is 15.9. The second-order valence-electron chi connectivity index (χ2n) is 7.28. The van der Waals surface area contributed by atoms with Crippen molar-refractivity contribution >= 4 is 32.4 Å². The van der Waals surface area contributed by atoms with Crippen LogP contribution in [0, 0.1) is 12.7 Å². The molecule has 1 fully saturated rings. The second-order valence-corrected chi connectivity index (χ2v) is 8.96. The number of rotatable bonds is 5. The highest BCUT2D eigenvalue weighted by atomic mass is 32.2. The Morgan fingerprint density at radius 1 is 1.07 bits per heavy atom. The van der Waals surface area contributed by atoms with Crippen molar-refractivity contribution in [2.75, 3.05) is 10.0 Å². The first-order valence-corrected chi connectivity index (χ1v) is 10.9. The van der Waals surface area contributed by atoms with E-state index in [1.165, 1.54) is 13.0 Å². The van der Waals surface area contributed by atoms with E-state index >= 15 is 0 Å². The van der Waals surface area contributed by atoms with Gasteiger partial charge in [0.1, 0.15) is 11.4 Å². The molecule has 0 atom stereocenters. The molecule has 4 rings (SSSR count). The zero-order chi connectivity index (χ0) is 20.6. The number of para-hydroxylation sites is 1. The molecule has 1 aliphatic carbocycles. The van der Waals surface area contributed by atoms with E-state index in [4.69, 9.17) is 4.42 Å². The van der Waals surface area contributed by atoms with Crippen molar-refractivity contribution in [2.45, 2.75) is 43.5 Å². The molecule has 0 aliphatic heterocycles. The first-order valence-electron chi connectivity index (χ1n) is 9.46. The van der Waals surface area contributed by atoms with Gasteiger partial charge >= 0.3 is 5.63 Å². The number of sulfonamides is 1. The van der Waals surface area contributed by atoms with Crippen molar-refractivity contribution in [3.05, 3.63) is 64.3 Å². The minimum absolute atomic E-state index is 0.129. The third-order valence-electron chi connectivity index (χ3n) is 5.19. The standard InChI is InChI=1S/C21H21FN2O4S/c1-13-12-15(10-11-17(13)22)29(26,27)24-20-19(23-14-6-2-3-7-14)16-8-4-5-9-18(16)28-21(20)25/h4-5,8-12,14,23-24H,2-3,6-7H2,1H3. The van der Waals surface area contributed by atoms with Crippen LogP contribution in [0.15, 0.2) is 56.6 Å². The number of aryl methyl sites for hydroxylation is 1. The van der Waals surface area contributed by atoms with Crippen molar-refractivity contribution in [1.29, 1.82) is 0 Å². The topological polar surface area (TPSA) is 88.4 Å². The van der Waals surface area contributed by atoms with E-state index in [9.17, 15) is 17.6 Å². The van der Waals surface area contributed by atoms with Crippen LogP contribution in [0.5, 0.6) is 0 Å². The summed E-state index contributed by atoms with van der Waals surface area (Å²) in [5.41, 5.74) is 0.0247. The number of nitrogens with one attached hydrogen (secondary N) is 2. The molecule has 3 aromatic rings. The van der Waals surface area contributed by atoms with Gasteiger partial charge in [0.15, 0.2) is 5.69 Å². The summed E-state index contributed by atoms with van der Waals surface area (Å²) in [7, 11) is -4.12. The maximum atomic E-state index is 13.6. The SMILES string of the molecule is Cc1cc(S(=O)(=O)Nc2c(NC3CCCC3)c3ccccc3oc2=O)ccc1F. The van der Waals surface area contributed by atoms with Crippen LogP contribution in [-0.4, -0.2) is 14.5 Å². The first kappa shape index (κ1) is 19.4. The predicted molar refractivity (Wildman–Crippen MR) is 110 cm³/mol. The number of fused-ring (bicyclic) bond motifs is 1. The number of anilines is 2. The molecule has 6 nitrogen and oxygen atoms in total. The Morgan fingerprint density at radius 3 is 2.52 bits per heavy atom. The van der Waals surface area contributed by atoms with Crippen LogP contribution < -0.4 is 15.7 Å². The van der Waals surface area contributed by atoms with E-state index in [-0.39, 0.29) is 22.2 Å². The van der Waals surface area contributed by atoms with E-state index < -0.39 is 21.5 Å². The fourth-order valence-corrected chi connectivity index (χ4v) is 4.80. The van der Waals surface area contributed by atoms with E-state index in [1.54, 1.807) is 24.3 Å². The summed E-state index contributed by atoms with van der Waals surface area (Å²) < 4.78 is 47.1. The molecule has 1 saturated carbocycles. The lowest BCUT2D eigenvalue weighted by molar-refractivity contribution is 0.562. The summed E-state index contributed by atoms with van der Waals surface area (Å²) >= 11 is 0. The van der Waals surface area contributed by atoms with E-state index in [0.717, 1.165) is 37.8 Å². The fourth-order valence-electron chi connectivity index (χ4n) is 3.64. The molecular weight excluding hydrogens is 395 g/mol. The Hall–Kier alpha value is -2.87. The highest BCUT2D eigenvalue weighted by Gasteiger charge is 2.24. The van der Waals surface area contributed by atoms with Crippen LogP contribution in [0.2, 0.25) is 0 Å². The summed E-state index contributed by atoms with van der Waals surface area (Å²) in [6, 6.07) is 10.6. The first-order chi connectivity index (χ1) is 13.8. The minimum atomic E-state index is -4.12. The van der Waals surface area contributed by atoms with Crippen LogP contribution in [0.3, 0.4) is 0 Å². The summed E-state index contributed by atoms with van der Waals surface area (Å²) in [5.74, 6) is -0.502. The molecule has 8 heteroatoms. The van der Waals surface area contributed by atoms with Gasteiger partial charge in [-0.2, -0.15) is 0 Å². The van der Waals surface area contributed by atoms with Gasteiger partial charge in [-0.3, -0.25) is 4.72 Å². The van der Waals surface area contributed by atoms with Gasteiger partial charge in [-0.1, -0.05) is 25.0 Å². The highest BCUT2D eigenvalue weighted by Crippen LogP contribution is 2.33. The van der Waals surface area contributed by atoms with Gasteiger partial charge in [0, 0.05) is 11.4 Å². The Labute approximate surface area is 167 Å². The Morgan fingerprint density at radius 2 is 1.79 bits per heavy atom. The molecule has 0 unspecified atom stereocenters. The molecule has 29 heavy (non-hydrogen) atoms. The summed E-state index contributed by atoms with van der Waals surface area (Å²) in [6.45, 7) is 1.48. The predicted octanol–water partition coefficient (Wildman–Crippen LogP) is 4.40. The Bertz CT molecular complexity index is 1230. The van der Waals surface area contributed by atoms with E-state index in [2.05, 4.69) is 10.0 Å². The van der Waals surface area contributed by atoms with Crippen molar-refractivity contribution in [3.63, 3.8) is 0 Å². The number of benzene rings is 2. The second kappa shape index (κ2) is 7.51. The summed E-state index contributed by atoms with van der Waals surface area (Å²) in [6.07, 6.45) is 4.04. The molecule has 0 spiro atoms. The van der Waals surface area contributed by atoms with E-state index in [1.807, 2.05) is 0 Å². The summed E-state index contributed by atoms with van der Waals surface area (Å²) in [5, 5.41) is 3.96. The van der Waals surface area contributed by atoms with Gasteiger partial charge in [0.05, 0.1) is 10.6 Å². The molecule has 1 aliphatic rings. The molecule has 0 radical (unpaired) electrons. The number of hydrogen-bond donors (Lipinski definition) is 2. The van der Waals surface area contributed by atoms with Crippen LogP contribution in [-0.2, 0) is 10.0 Å². The Balaban J connectivity index is 1.82. The van der Waals surface area contributed by atoms with Crippen molar-refractivity contribution < 1.29 is 17.2 Å². The van der Waals surface area contributed by atoms with Crippen LogP contribution in [0.25, 0.3) is 11.0 Å². The molecule has 2 N–H and O–H groups in total. The van der Waals surface area contributed by atoms with Crippen LogP contribution in [0.4, 0.5) is 15.8 Å². The smallest absolute Gasteiger partial charge is 0.363 e.